The lowest BCUT2D eigenvalue weighted by molar-refractivity contribution is -0.126. The van der Waals surface area contributed by atoms with Gasteiger partial charge in [0.25, 0.3) is 5.91 Å². The molecule has 3 atom stereocenters. The van der Waals surface area contributed by atoms with Crippen LogP contribution in [0, 0.1) is 23.0 Å². The van der Waals surface area contributed by atoms with Gasteiger partial charge in [0.05, 0.1) is 11.3 Å². The molecule has 2 amide bonds. The second-order valence-corrected chi connectivity index (χ2v) is 21.5. The van der Waals surface area contributed by atoms with E-state index in [-0.39, 0.29) is 42.3 Å². The molecular weight excluding hydrogens is 908 g/mol. The van der Waals surface area contributed by atoms with E-state index in [4.69, 9.17) is 0 Å². The Labute approximate surface area is 398 Å². The molecule has 6 aliphatic rings. The van der Waals surface area contributed by atoms with Gasteiger partial charge in [-0.3, -0.25) is 19.1 Å². The Morgan fingerprint density at radius 2 is 1.67 bits per heavy atom. The predicted molar refractivity (Wildman–Crippen MR) is 257 cm³/mol. The van der Waals surface area contributed by atoms with E-state index in [1.807, 2.05) is 18.2 Å². The lowest BCUT2D eigenvalue weighted by Gasteiger charge is -2.36. The van der Waals surface area contributed by atoms with Crippen LogP contribution >= 0.6 is 0 Å². The number of nitrogens with one attached hydrogen (secondary N) is 3. The summed E-state index contributed by atoms with van der Waals surface area (Å²) >= 11 is 0. The average molecular weight is 962 g/mol. The zero-order valence-electron chi connectivity index (χ0n) is 38.2. The molecular formula is C51H54F3N9O5S. The second-order valence-electron chi connectivity index (χ2n) is 19.8. The molecule has 8 heterocycles. The van der Waals surface area contributed by atoms with Crippen molar-refractivity contribution < 1.29 is 36.0 Å². The molecule has 3 N–H and O–H groups in total. The first-order chi connectivity index (χ1) is 33.2. The maximum atomic E-state index is 15.8. The van der Waals surface area contributed by atoms with Crippen molar-refractivity contribution in [2.45, 2.75) is 63.7 Å². The molecule has 360 valence electrons. The van der Waals surface area contributed by atoms with Crippen molar-refractivity contribution in [3.63, 3.8) is 0 Å². The van der Waals surface area contributed by atoms with E-state index in [1.165, 1.54) is 12.6 Å². The molecule has 0 radical (unpaired) electrons. The number of alkyl halides is 1. The number of ketones is 1. The molecule has 11 rings (SSSR count). The topological polar surface area (TPSA) is 154 Å². The van der Waals surface area contributed by atoms with Gasteiger partial charge in [0.15, 0.2) is 5.82 Å². The number of amides is 2. The molecule has 5 aromatic rings. The summed E-state index contributed by atoms with van der Waals surface area (Å²) in [6.07, 6.45) is 7.46. The van der Waals surface area contributed by atoms with Crippen LogP contribution in [0.25, 0.3) is 22.2 Å². The summed E-state index contributed by atoms with van der Waals surface area (Å²) in [6.45, 7) is 11.0. The zero-order chi connectivity index (χ0) is 47.8. The van der Waals surface area contributed by atoms with Gasteiger partial charge in [-0.05, 0) is 117 Å². The minimum absolute atomic E-state index is 0.00819. The first kappa shape index (κ1) is 45.2. The molecule has 0 bridgehead atoms. The lowest BCUT2D eigenvalue weighted by atomic mass is 9.86. The largest absolute Gasteiger partial charge is 0.372 e. The van der Waals surface area contributed by atoms with E-state index in [1.54, 1.807) is 17.2 Å². The van der Waals surface area contributed by atoms with E-state index in [9.17, 15) is 27.2 Å². The fourth-order valence-corrected chi connectivity index (χ4v) is 12.8. The monoisotopic (exact) mass is 961 g/mol. The Bertz CT molecular complexity index is 3010. The van der Waals surface area contributed by atoms with Gasteiger partial charge in [0.1, 0.15) is 23.7 Å². The van der Waals surface area contributed by atoms with Gasteiger partial charge >= 0.3 is 10.2 Å². The smallest absolute Gasteiger partial charge is 0.301 e. The number of piperidine rings is 2. The quantitative estimate of drug-likeness (QED) is 0.119. The van der Waals surface area contributed by atoms with Gasteiger partial charge in [-0.1, -0.05) is 18.7 Å². The molecule has 18 heteroatoms. The lowest BCUT2D eigenvalue weighted by Crippen LogP contribution is -2.49. The standard InChI is InChI=1S/C51H54F3N9O5S/c1-31-2-11-44(49(65)57-31)63-27-35-22-38(7-8-39(35)50(63)66)60-17-12-32(13-18-60)26-59-20-15-51(29-59)16-21-61(30-51)37-5-3-33(4-6-37)34-23-40-41(25-56-48(40)55-24-34)47(64)45-42(53)9-10-43(46(45)54)58-69(67,68)62-19-14-36(52)28-62/h3-10,22-25,32,36,44,58H,1-2,11-21,26-30H2,(H,55,56)(H,57,65)/t36-,44?,51?/m1/s1. The van der Waals surface area contributed by atoms with Crippen LogP contribution in [0.3, 0.4) is 0 Å². The SMILES string of the molecule is C=C1CCC(N2Cc3cc(N4CCC(CN5CCC6(CCN(c7ccc(-c8cnc9[nH]cc(C(=O)c%10c(F)ccc(NS(=O)(=O)N%11CC[C@@H](F)C%11)c%10F)c9c8)cc7)C6)C5)CC4)ccc3C2=O)C(=O)N1. The molecule has 5 saturated heterocycles. The number of fused-ring (bicyclic) bond motifs is 2. The molecule has 0 aliphatic carbocycles. The Morgan fingerprint density at radius 1 is 0.884 bits per heavy atom. The molecule has 2 aromatic heterocycles. The number of likely N-dealkylation sites (tertiary alicyclic amines) is 1. The summed E-state index contributed by atoms with van der Waals surface area (Å²) in [5.74, 6) is -3.12. The van der Waals surface area contributed by atoms with Crippen molar-refractivity contribution in [3.05, 3.63) is 119 Å². The summed E-state index contributed by atoms with van der Waals surface area (Å²) in [6, 6.07) is 17.4. The van der Waals surface area contributed by atoms with Gasteiger partial charge in [0, 0.05) is 116 Å². The highest BCUT2D eigenvalue weighted by Gasteiger charge is 2.44. The summed E-state index contributed by atoms with van der Waals surface area (Å²) in [7, 11) is -4.35. The number of pyridine rings is 1. The van der Waals surface area contributed by atoms with Crippen LogP contribution in [0.5, 0.6) is 0 Å². The fourth-order valence-electron chi connectivity index (χ4n) is 11.5. The van der Waals surface area contributed by atoms with Crippen LogP contribution in [0.15, 0.2) is 85.3 Å². The number of nitrogens with zero attached hydrogens (tertiary/aromatic N) is 6. The number of rotatable bonds is 11. The van der Waals surface area contributed by atoms with Crippen molar-refractivity contribution in [2.75, 3.05) is 73.4 Å². The number of halogens is 3. The van der Waals surface area contributed by atoms with Crippen LogP contribution in [-0.2, 0) is 21.5 Å². The Hall–Kier alpha value is -6.24. The van der Waals surface area contributed by atoms with Crippen LogP contribution in [0.1, 0.15) is 76.8 Å². The van der Waals surface area contributed by atoms with Crippen molar-refractivity contribution in [2.24, 2.45) is 11.3 Å². The number of benzene rings is 3. The molecule has 14 nitrogen and oxygen atoms in total. The Balaban J connectivity index is 0.692. The third-order valence-electron chi connectivity index (χ3n) is 15.4. The van der Waals surface area contributed by atoms with E-state index in [0.29, 0.717) is 53.2 Å². The summed E-state index contributed by atoms with van der Waals surface area (Å²) < 4.78 is 73.3. The van der Waals surface area contributed by atoms with Gasteiger partial charge in [0.2, 0.25) is 11.7 Å². The third-order valence-corrected chi connectivity index (χ3v) is 16.9. The number of allylic oxidation sites excluding steroid dienone is 1. The van der Waals surface area contributed by atoms with E-state index >= 15 is 8.78 Å². The molecule has 0 saturated carbocycles. The number of hydrogen-bond donors (Lipinski definition) is 3. The number of carbonyl (C=O) groups is 3. The Kier molecular flexibility index (Phi) is 11.5. The molecule has 1 spiro atoms. The van der Waals surface area contributed by atoms with Crippen LogP contribution < -0.4 is 19.8 Å². The second kappa shape index (κ2) is 17.6. The van der Waals surface area contributed by atoms with Crippen molar-refractivity contribution in [3.8, 4) is 11.1 Å². The van der Waals surface area contributed by atoms with Gasteiger partial charge in [-0.2, -0.15) is 12.7 Å². The van der Waals surface area contributed by atoms with Crippen molar-refractivity contribution >= 4 is 55.9 Å². The maximum Gasteiger partial charge on any atom is 0.301 e. The van der Waals surface area contributed by atoms with Gasteiger partial charge in [-0.25, -0.2) is 18.2 Å². The molecule has 3 aromatic carbocycles. The molecule has 2 unspecified atom stereocenters. The highest BCUT2D eigenvalue weighted by atomic mass is 32.2. The van der Waals surface area contributed by atoms with E-state index in [2.05, 4.69) is 65.6 Å². The number of anilines is 3. The highest BCUT2D eigenvalue weighted by molar-refractivity contribution is 7.90. The minimum atomic E-state index is -4.35. The average Bonchev–Trinajstić information content (AvgIpc) is 4.20. The van der Waals surface area contributed by atoms with Gasteiger partial charge < -0.3 is 29.9 Å². The Morgan fingerprint density at radius 3 is 2.43 bits per heavy atom. The first-order valence-corrected chi connectivity index (χ1v) is 25.3. The molecule has 69 heavy (non-hydrogen) atoms. The summed E-state index contributed by atoms with van der Waals surface area (Å²) in [5.41, 5.74) is 5.20. The third kappa shape index (κ3) is 8.53. The molecule has 6 aliphatic heterocycles. The van der Waals surface area contributed by atoms with E-state index in [0.717, 1.165) is 104 Å². The van der Waals surface area contributed by atoms with Crippen molar-refractivity contribution in [1.29, 1.82) is 0 Å². The summed E-state index contributed by atoms with van der Waals surface area (Å²) in [5, 5.41) is 3.16. The predicted octanol–water partition coefficient (Wildman–Crippen LogP) is 7.01. The number of aromatic amines is 1. The normalized spacial score (nSPS) is 23.8. The number of carbonyl (C=O) groups excluding carboxylic acids is 3. The summed E-state index contributed by atoms with van der Waals surface area (Å²) in [4.78, 5) is 56.4. The van der Waals surface area contributed by atoms with Crippen LogP contribution in [0.2, 0.25) is 0 Å². The number of H-pyrrole nitrogens is 1. The first-order valence-electron chi connectivity index (χ1n) is 23.9. The van der Waals surface area contributed by atoms with Gasteiger partial charge in [-0.15, -0.1) is 0 Å². The fraction of sp³-hybridized carbons (Fsp3) is 0.412. The molecule has 5 fully saturated rings. The van der Waals surface area contributed by atoms with Crippen LogP contribution in [-0.4, -0.2) is 121 Å². The number of hydrogen-bond acceptors (Lipinski definition) is 9. The zero-order valence-corrected chi connectivity index (χ0v) is 39.0. The number of aromatic nitrogens is 2. The minimum Gasteiger partial charge on any atom is -0.372 e. The highest BCUT2D eigenvalue weighted by Crippen LogP contribution is 2.42. The van der Waals surface area contributed by atoms with Crippen molar-refractivity contribution in [1.82, 2.24) is 29.4 Å². The van der Waals surface area contributed by atoms with E-state index < -0.39 is 51.1 Å². The van der Waals surface area contributed by atoms with Crippen LogP contribution in [0.4, 0.5) is 30.2 Å². The maximum absolute atomic E-state index is 15.8.